The summed E-state index contributed by atoms with van der Waals surface area (Å²) in [6, 6.07) is 8.17. The van der Waals surface area contributed by atoms with Gasteiger partial charge in [-0.05, 0) is 36.2 Å². The first kappa shape index (κ1) is 18.4. The number of pyridine rings is 1. The lowest BCUT2D eigenvalue weighted by Gasteiger charge is -2.18. The second kappa shape index (κ2) is 9.36. The lowest BCUT2D eigenvalue weighted by Crippen LogP contribution is -2.47. The van der Waals surface area contributed by atoms with Crippen molar-refractivity contribution in [1.82, 2.24) is 15.6 Å². The predicted molar refractivity (Wildman–Crippen MR) is 93.3 cm³/mol. The van der Waals surface area contributed by atoms with Gasteiger partial charge in [-0.2, -0.15) is 0 Å². The second-order valence-electron chi connectivity index (χ2n) is 5.53. The van der Waals surface area contributed by atoms with Crippen molar-refractivity contribution >= 4 is 17.6 Å². The summed E-state index contributed by atoms with van der Waals surface area (Å²) in [6.07, 6.45) is 4.40. The van der Waals surface area contributed by atoms with Crippen molar-refractivity contribution in [3.05, 3.63) is 60.2 Å². The number of halogens is 1. The van der Waals surface area contributed by atoms with E-state index in [9.17, 15) is 14.0 Å². The molecular weight excluding hydrogens is 323 g/mol. The van der Waals surface area contributed by atoms with Crippen LogP contribution in [0.3, 0.4) is 0 Å². The Kier molecular flexibility index (Phi) is 6.88. The number of carbonyl (C=O) groups excluding carboxylic acids is 2. The monoisotopic (exact) mass is 344 g/mol. The molecule has 1 atom stereocenters. The summed E-state index contributed by atoms with van der Waals surface area (Å²) >= 11 is 0. The van der Waals surface area contributed by atoms with E-state index in [1.165, 1.54) is 18.3 Å². The van der Waals surface area contributed by atoms with Gasteiger partial charge < -0.3 is 16.0 Å². The number of nitrogens with one attached hydrogen (secondary N) is 3. The zero-order valence-electron chi connectivity index (χ0n) is 14.0. The van der Waals surface area contributed by atoms with Gasteiger partial charge in [-0.3, -0.25) is 9.78 Å². The van der Waals surface area contributed by atoms with Crippen molar-refractivity contribution in [2.75, 3.05) is 5.32 Å². The minimum Gasteiger partial charge on any atom is -0.334 e. The molecule has 2 aromatic rings. The van der Waals surface area contributed by atoms with Gasteiger partial charge in [0, 0.05) is 12.7 Å². The van der Waals surface area contributed by atoms with Gasteiger partial charge in [0.25, 0.3) is 0 Å². The Morgan fingerprint density at radius 2 is 1.96 bits per heavy atom. The molecule has 0 saturated carbocycles. The molecule has 3 N–H and O–H groups in total. The fourth-order valence-electron chi connectivity index (χ4n) is 2.22. The van der Waals surface area contributed by atoms with Gasteiger partial charge >= 0.3 is 6.03 Å². The molecule has 0 fully saturated rings. The molecule has 3 amide bonds. The summed E-state index contributed by atoms with van der Waals surface area (Å²) in [4.78, 5) is 28.3. The van der Waals surface area contributed by atoms with E-state index in [4.69, 9.17) is 0 Å². The summed E-state index contributed by atoms with van der Waals surface area (Å²) in [5, 5.41) is 8.05. The van der Waals surface area contributed by atoms with Gasteiger partial charge in [-0.25, -0.2) is 9.18 Å². The minimum absolute atomic E-state index is 0.245. The maximum atomic E-state index is 12.9. The highest BCUT2D eigenvalue weighted by Gasteiger charge is 2.20. The van der Waals surface area contributed by atoms with Crippen LogP contribution in [0.4, 0.5) is 14.9 Å². The zero-order valence-corrected chi connectivity index (χ0v) is 14.0. The third kappa shape index (κ3) is 6.21. The highest BCUT2D eigenvalue weighted by molar-refractivity contribution is 5.96. The van der Waals surface area contributed by atoms with E-state index in [-0.39, 0.29) is 18.3 Å². The number of hydrogen-bond acceptors (Lipinski definition) is 3. The Labute approximate surface area is 145 Å². The summed E-state index contributed by atoms with van der Waals surface area (Å²) in [7, 11) is 0. The van der Waals surface area contributed by atoms with Gasteiger partial charge in [0.2, 0.25) is 5.91 Å². The van der Waals surface area contributed by atoms with E-state index >= 15 is 0 Å². The number of anilines is 1. The molecule has 2 rings (SSSR count). The summed E-state index contributed by atoms with van der Waals surface area (Å²) in [5.41, 5.74) is 1.34. The van der Waals surface area contributed by atoms with E-state index in [0.29, 0.717) is 12.1 Å². The van der Waals surface area contributed by atoms with Gasteiger partial charge in [-0.15, -0.1) is 0 Å². The molecule has 0 radical (unpaired) electrons. The summed E-state index contributed by atoms with van der Waals surface area (Å²) in [5.74, 6) is -0.630. The highest BCUT2D eigenvalue weighted by Crippen LogP contribution is 2.06. The van der Waals surface area contributed by atoms with Crippen LogP contribution >= 0.6 is 0 Å². The molecule has 1 unspecified atom stereocenters. The quantitative estimate of drug-likeness (QED) is 0.722. The van der Waals surface area contributed by atoms with E-state index in [1.807, 2.05) is 6.92 Å². The lowest BCUT2D eigenvalue weighted by atomic mass is 10.1. The number of nitrogens with zero attached hydrogens (tertiary/aromatic N) is 1. The van der Waals surface area contributed by atoms with Crippen LogP contribution in [-0.2, 0) is 11.3 Å². The molecule has 0 spiro atoms. The maximum Gasteiger partial charge on any atom is 0.315 e. The fourth-order valence-corrected chi connectivity index (χ4v) is 2.22. The van der Waals surface area contributed by atoms with E-state index in [1.54, 1.807) is 30.5 Å². The smallest absolute Gasteiger partial charge is 0.315 e. The molecule has 132 valence electrons. The normalized spacial score (nSPS) is 11.4. The molecule has 1 heterocycles. The van der Waals surface area contributed by atoms with Crippen molar-refractivity contribution in [3.63, 3.8) is 0 Å². The second-order valence-corrected chi connectivity index (χ2v) is 5.53. The first-order valence-corrected chi connectivity index (χ1v) is 8.08. The molecule has 1 aromatic heterocycles. The van der Waals surface area contributed by atoms with Crippen LogP contribution < -0.4 is 16.0 Å². The highest BCUT2D eigenvalue weighted by atomic mass is 19.1. The molecular formula is C18H21FN4O2. The number of rotatable bonds is 7. The van der Waals surface area contributed by atoms with Crippen LogP contribution in [-0.4, -0.2) is 23.0 Å². The van der Waals surface area contributed by atoms with E-state index in [0.717, 1.165) is 12.0 Å². The summed E-state index contributed by atoms with van der Waals surface area (Å²) < 4.78 is 12.9. The third-order valence-corrected chi connectivity index (χ3v) is 3.49. The van der Waals surface area contributed by atoms with Gasteiger partial charge in [-0.1, -0.05) is 25.5 Å². The average molecular weight is 344 g/mol. The molecule has 0 aliphatic heterocycles. The topological polar surface area (TPSA) is 83.1 Å². The number of aromatic nitrogens is 1. The molecule has 0 aliphatic carbocycles. The molecule has 1 aromatic carbocycles. The first-order chi connectivity index (χ1) is 12.1. The van der Waals surface area contributed by atoms with Crippen LogP contribution in [0.1, 0.15) is 25.3 Å². The molecule has 25 heavy (non-hydrogen) atoms. The van der Waals surface area contributed by atoms with Crippen LogP contribution in [0.25, 0.3) is 0 Å². The van der Waals surface area contributed by atoms with Crippen molar-refractivity contribution in [3.8, 4) is 0 Å². The van der Waals surface area contributed by atoms with E-state index < -0.39 is 12.1 Å². The third-order valence-electron chi connectivity index (χ3n) is 3.49. The minimum atomic E-state index is -0.654. The number of hydrogen-bond donors (Lipinski definition) is 3. The molecule has 0 aliphatic rings. The van der Waals surface area contributed by atoms with Crippen molar-refractivity contribution in [2.45, 2.75) is 32.4 Å². The van der Waals surface area contributed by atoms with Crippen LogP contribution in [0.5, 0.6) is 0 Å². The van der Waals surface area contributed by atoms with Crippen molar-refractivity contribution < 1.29 is 14.0 Å². The fraction of sp³-hybridized carbons (Fsp3) is 0.278. The number of urea groups is 1. The lowest BCUT2D eigenvalue weighted by molar-refractivity contribution is -0.118. The molecule has 7 heteroatoms. The number of amides is 3. The van der Waals surface area contributed by atoms with Gasteiger partial charge in [0.1, 0.15) is 11.9 Å². The van der Waals surface area contributed by atoms with Crippen LogP contribution in [0, 0.1) is 5.82 Å². The largest absolute Gasteiger partial charge is 0.334 e. The predicted octanol–water partition coefficient (Wildman–Crippen LogP) is 2.83. The number of carbonyl (C=O) groups is 2. The van der Waals surface area contributed by atoms with Crippen molar-refractivity contribution in [1.29, 1.82) is 0 Å². The average Bonchev–Trinajstić information content (AvgIpc) is 2.62. The Morgan fingerprint density at radius 1 is 1.20 bits per heavy atom. The van der Waals surface area contributed by atoms with Crippen molar-refractivity contribution in [2.24, 2.45) is 0 Å². The van der Waals surface area contributed by atoms with Gasteiger partial charge in [0.05, 0.1) is 11.9 Å². The Morgan fingerprint density at radius 3 is 2.60 bits per heavy atom. The Bertz CT molecular complexity index is 692. The number of benzene rings is 1. The summed E-state index contributed by atoms with van der Waals surface area (Å²) in [6.45, 7) is 2.18. The SMILES string of the molecule is CCCC(NC(=O)NCc1ccc(F)cc1)C(=O)Nc1cccnc1. The molecule has 0 bridgehead atoms. The zero-order chi connectivity index (χ0) is 18.1. The molecule has 0 saturated heterocycles. The maximum absolute atomic E-state index is 12.9. The first-order valence-electron chi connectivity index (χ1n) is 8.08. The van der Waals surface area contributed by atoms with E-state index in [2.05, 4.69) is 20.9 Å². The van der Waals surface area contributed by atoms with Crippen LogP contribution in [0.2, 0.25) is 0 Å². The Hall–Kier alpha value is -2.96. The Balaban J connectivity index is 1.87. The molecule has 6 nitrogen and oxygen atoms in total. The van der Waals surface area contributed by atoms with Crippen LogP contribution in [0.15, 0.2) is 48.8 Å². The standard InChI is InChI=1S/C18H21FN4O2/c1-2-4-16(17(24)22-15-5-3-10-20-12-15)23-18(25)21-11-13-6-8-14(19)9-7-13/h3,5-10,12,16H,2,4,11H2,1H3,(H,22,24)(H2,21,23,25). The van der Waals surface area contributed by atoms with Gasteiger partial charge in [0.15, 0.2) is 0 Å².